The van der Waals surface area contributed by atoms with E-state index in [0.717, 1.165) is 31.4 Å². The summed E-state index contributed by atoms with van der Waals surface area (Å²) in [6.07, 6.45) is 5.37. The van der Waals surface area contributed by atoms with Gasteiger partial charge in [0.1, 0.15) is 24.6 Å². The second kappa shape index (κ2) is 18.1. The zero-order valence-corrected chi connectivity index (χ0v) is 37.1. The number of aliphatic hydroxyl groups excluding tert-OH is 2. The number of nitrogens with zero attached hydrogens (tertiary/aromatic N) is 3. The molecule has 3 heterocycles. The number of nitrogens with one attached hydrogen (secondary N) is 2. The van der Waals surface area contributed by atoms with Crippen molar-refractivity contribution in [3.05, 3.63) is 48.5 Å². The lowest BCUT2D eigenvalue weighted by Gasteiger charge is -2.62. The fourth-order valence-electron chi connectivity index (χ4n) is 12.1. The van der Waals surface area contributed by atoms with Crippen LogP contribution in [0.15, 0.2) is 53.7 Å². The summed E-state index contributed by atoms with van der Waals surface area (Å²) in [6.45, 7) is 13.8. The van der Waals surface area contributed by atoms with Crippen molar-refractivity contribution in [2.24, 2.45) is 51.5 Å². The number of oxime groups is 1. The molecule has 2 aromatic rings. The summed E-state index contributed by atoms with van der Waals surface area (Å²) in [7, 11) is 0. The van der Waals surface area contributed by atoms with Crippen LogP contribution in [0.2, 0.25) is 0 Å². The highest BCUT2D eigenvalue weighted by atomic mass is 16.6. The summed E-state index contributed by atoms with van der Waals surface area (Å²) >= 11 is 0. The van der Waals surface area contributed by atoms with Crippen LogP contribution in [-0.4, -0.2) is 93.3 Å². The summed E-state index contributed by atoms with van der Waals surface area (Å²) in [5, 5.41) is 33.7. The third-order valence-corrected chi connectivity index (χ3v) is 15.5. The number of hydrogen-bond acceptors (Lipinski definition) is 9. The number of ether oxygens (including phenoxy) is 1. The Bertz CT molecular complexity index is 1950. The van der Waals surface area contributed by atoms with Crippen LogP contribution in [0.4, 0.5) is 11.4 Å². The molecule has 332 valence electrons. The van der Waals surface area contributed by atoms with Crippen LogP contribution >= 0.6 is 0 Å². The molecule has 0 saturated heterocycles. The van der Waals surface area contributed by atoms with Crippen molar-refractivity contribution in [1.82, 2.24) is 9.80 Å². The average molecular weight is 842 g/mol. The van der Waals surface area contributed by atoms with Crippen LogP contribution in [0.5, 0.6) is 11.5 Å². The third-order valence-electron chi connectivity index (χ3n) is 15.5. The first-order chi connectivity index (χ1) is 29.0. The highest BCUT2D eigenvalue weighted by molar-refractivity contribution is 5.95. The van der Waals surface area contributed by atoms with Crippen molar-refractivity contribution in [1.29, 1.82) is 0 Å². The number of aliphatic hydroxyl groups is 2. The van der Waals surface area contributed by atoms with Gasteiger partial charge < -0.3 is 40.2 Å². The van der Waals surface area contributed by atoms with Crippen molar-refractivity contribution >= 4 is 40.7 Å². The Morgan fingerprint density at radius 3 is 1.87 bits per heavy atom. The highest BCUT2D eigenvalue weighted by Crippen LogP contribution is 2.68. The quantitative estimate of drug-likeness (QED) is 0.246. The predicted octanol–water partition coefficient (Wildman–Crippen LogP) is 7.23. The molecule has 61 heavy (non-hydrogen) atoms. The lowest BCUT2D eigenvalue weighted by Crippen LogP contribution is -2.61. The van der Waals surface area contributed by atoms with Crippen LogP contribution in [-0.2, 0) is 24.0 Å². The Morgan fingerprint density at radius 1 is 0.738 bits per heavy atom. The number of carbonyl (C=O) groups excluding carboxylic acids is 4. The molecule has 0 unspecified atom stereocenters. The highest BCUT2D eigenvalue weighted by Gasteiger charge is 2.65. The van der Waals surface area contributed by atoms with E-state index in [0.29, 0.717) is 55.0 Å². The van der Waals surface area contributed by atoms with Gasteiger partial charge in [-0.2, -0.15) is 0 Å². The van der Waals surface area contributed by atoms with Gasteiger partial charge in [0.05, 0.1) is 17.9 Å². The molecule has 0 aromatic heterocycles. The van der Waals surface area contributed by atoms with Gasteiger partial charge in [-0.25, -0.2) is 0 Å². The van der Waals surface area contributed by atoms with E-state index >= 15 is 0 Å². The summed E-state index contributed by atoms with van der Waals surface area (Å²) < 4.78 is 6.00. The minimum absolute atomic E-state index is 0.0362. The second-order valence-corrected chi connectivity index (χ2v) is 19.7. The average Bonchev–Trinajstić information content (AvgIpc) is 3.58. The van der Waals surface area contributed by atoms with Gasteiger partial charge >= 0.3 is 0 Å². The largest absolute Gasteiger partial charge is 0.457 e. The van der Waals surface area contributed by atoms with Crippen LogP contribution in [0.1, 0.15) is 106 Å². The summed E-state index contributed by atoms with van der Waals surface area (Å²) in [6, 6.07) is 13.4. The number of hydrogen-bond donors (Lipinski definition) is 4. The Hall–Kier alpha value is -4.49. The van der Waals surface area contributed by atoms with Crippen molar-refractivity contribution in [3.8, 4) is 11.5 Å². The van der Waals surface area contributed by atoms with E-state index in [1.807, 2.05) is 27.7 Å². The topological polar surface area (TPSA) is 170 Å². The van der Waals surface area contributed by atoms with E-state index in [1.54, 1.807) is 53.4 Å². The molecule has 13 heteroatoms. The van der Waals surface area contributed by atoms with Gasteiger partial charge in [-0.05, 0) is 163 Å². The first-order valence-corrected chi connectivity index (χ1v) is 22.6. The Balaban J connectivity index is 1.17. The van der Waals surface area contributed by atoms with E-state index < -0.39 is 11.5 Å². The van der Waals surface area contributed by atoms with Crippen molar-refractivity contribution in [2.45, 2.75) is 131 Å². The maximum absolute atomic E-state index is 13.8. The minimum Gasteiger partial charge on any atom is -0.457 e. The second-order valence-electron chi connectivity index (χ2n) is 19.7. The fraction of sp³-hybridized carbons (Fsp3) is 0.646. The van der Waals surface area contributed by atoms with E-state index in [4.69, 9.17) is 14.7 Å². The molecule has 10 atom stereocenters. The van der Waals surface area contributed by atoms with Gasteiger partial charge in [0.2, 0.25) is 17.7 Å². The zero-order chi connectivity index (χ0) is 43.8. The molecule has 2 aromatic carbocycles. The number of fused-ring (bicyclic) bond motifs is 4. The first-order valence-electron chi connectivity index (χ1n) is 22.6. The van der Waals surface area contributed by atoms with E-state index in [1.165, 1.54) is 4.90 Å². The molecule has 4 fully saturated rings. The van der Waals surface area contributed by atoms with Gasteiger partial charge in [-0.15, -0.1) is 0 Å². The molecule has 4 amide bonds. The SMILES string of the molecule is CC(C)N1CC(=O)Nc2ccc(cc2)Oc2ccc(cc2)NC(=O)CN(C(C)C)C(=O)CO/N=C2\C[C@@H]3C[C@H](O)CC[C@]3(C)[C@H]3C[C@H](O)[C@]4(C)[C@H](CC[C@H]4[C@H]23)[C@H](C)CCC1=O. The van der Waals surface area contributed by atoms with Crippen LogP contribution in [0, 0.1) is 46.3 Å². The predicted molar refractivity (Wildman–Crippen MR) is 234 cm³/mol. The van der Waals surface area contributed by atoms with Crippen molar-refractivity contribution in [3.63, 3.8) is 0 Å². The summed E-state index contributed by atoms with van der Waals surface area (Å²) in [5.41, 5.74) is 1.51. The molecule has 13 nitrogen and oxygen atoms in total. The smallest absolute Gasteiger partial charge is 0.264 e. The molecule has 3 aliphatic heterocycles. The molecule has 0 radical (unpaired) electrons. The summed E-state index contributed by atoms with van der Waals surface area (Å²) in [4.78, 5) is 63.2. The molecule has 7 aliphatic rings. The maximum Gasteiger partial charge on any atom is 0.264 e. The molecule has 4 N–H and O–H groups in total. The van der Waals surface area contributed by atoms with Gasteiger partial charge in [0.25, 0.3) is 5.91 Å². The standard InChI is InChI=1S/C48H67N5O8/c1-28(2)52-25-42(56)49-32-9-13-35(14-10-32)61-36-15-11-33(12-16-36)50-43(57)26-53(29(3)4)45(59)27-60-51-40-23-31-22-34(54)20-21-47(31,6)39-24-41(55)48(7)37(17-18-38(48)46(39)40)30(5)8-19-44(52)58/h9-16,28-31,34,37-39,41,46,54-55H,8,17-27H2,1-7H3,(H,49,56)(H,50,57)/b51-40+/t30-,31+,34-,37-,38+,39+,41+,46+,47+,48-/m1/s1. The Kier molecular flexibility index (Phi) is 13.2. The van der Waals surface area contributed by atoms with Gasteiger partial charge in [0, 0.05) is 41.2 Å². The monoisotopic (exact) mass is 841 g/mol. The normalized spacial score (nSPS) is 35.2. The molecule has 8 bridgehead atoms. The van der Waals surface area contributed by atoms with E-state index in [2.05, 4.69) is 31.4 Å². The number of anilines is 2. The molecular weight excluding hydrogens is 775 g/mol. The Labute approximate surface area is 361 Å². The van der Waals surface area contributed by atoms with Gasteiger partial charge in [-0.1, -0.05) is 25.9 Å². The van der Waals surface area contributed by atoms with Crippen molar-refractivity contribution in [2.75, 3.05) is 30.3 Å². The number of carbonyl (C=O) groups is 4. The number of rotatable bonds is 2. The maximum atomic E-state index is 13.8. The lowest BCUT2D eigenvalue weighted by atomic mass is 9.43. The van der Waals surface area contributed by atoms with Gasteiger partial charge in [0.15, 0.2) is 6.61 Å². The summed E-state index contributed by atoms with van der Waals surface area (Å²) in [5.74, 6) is 0.791. The van der Waals surface area contributed by atoms with Crippen LogP contribution in [0.3, 0.4) is 0 Å². The molecule has 4 aliphatic carbocycles. The van der Waals surface area contributed by atoms with E-state index in [9.17, 15) is 29.4 Å². The molecular formula is C48H67N5O8. The van der Waals surface area contributed by atoms with Gasteiger partial charge in [-0.3, -0.25) is 19.2 Å². The number of amides is 4. The van der Waals surface area contributed by atoms with Crippen LogP contribution in [0.25, 0.3) is 0 Å². The molecule has 4 saturated carbocycles. The van der Waals surface area contributed by atoms with Crippen molar-refractivity contribution < 1.29 is 39.0 Å². The molecule has 9 rings (SSSR count). The first kappa shape index (κ1) is 44.6. The Morgan fingerprint density at radius 2 is 1.30 bits per heavy atom. The van der Waals surface area contributed by atoms with Crippen LogP contribution < -0.4 is 15.4 Å². The number of benzene rings is 2. The zero-order valence-electron chi connectivity index (χ0n) is 37.1. The fourth-order valence-corrected chi connectivity index (χ4v) is 12.1. The minimum atomic E-state index is -0.551. The van der Waals surface area contributed by atoms with E-state index in [-0.39, 0.29) is 102 Å². The lowest BCUT2D eigenvalue weighted by molar-refractivity contribution is -0.149. The third kappa shape index (κ3) is 9.19. The molecule has 0 spiro atoms.